The minimum absolute atomic E-state index is 0.173. The van der Waals surface area contributed by atoms with Crippen LogP contribution in [-0.2, 0) is 26.8 Å². The molecule has 1 N–H and O–H groups in total. The molecule has 0 saturated heterocycles. The molecule has 0 amide bonds. The first kappa shape index (κ1) is 32.0. The predicted molar refractivity (Wildman–Crippen MR) is 158 cm³/mol. The molecule has 2 heterocycles. The number of thiazole rings is 1. The molecule has 220 valence electrons. The first-order valence-electron chi connectivity index (χ1n) is 13.2. The van der Waals surface area contributed by atoms with Gasteiger partial charge in [-0.05, 0) is 44.3 Å². The highest BCUT2D eigenvalue weighted by atomic mass is 32.2. The summed E-state index contributed by atoms with van der Waals surface area (Å²) in [4.78, 5) is 4.22. The van der Waals surface area contributed by atoms with Crippen LogP contribution in [0.1, 0.15) is 38.6 Å². The molecule has 0 radical (unpaired) electrons. The molecule has 0 bridgehead atoms. The van der Waals surface area contributed by atoms with E-state index in [0.717, 1.165) is 20.9 Å². The molecular formula is C27H37N3O7S3. The van der Waals surface area contributed by atoms with Crippen LogP contribution in [0.15, 0.2) is 54.4 Å². The summed E-state index contributed by atoms with van der Waals surface area (Å²) < 4.78 is 73.6. The summed E-state index contributed by atoms with van der Waals surface area (Å²) in [6.45, 7) is 10.8. The van der Waals surface area contributed by atoms with Crippen molar-refractivity contribution in [3.63, 3.8) is 0 Å². The molecule has 2 aromatic carbocycles. The van der Waals surface area contributed by atoms with Gasteiger partial charge >= 0.3 is 0 Å². The quantitative estimate of drug-likeness (QED) is 0.239. The summed E-state index contributed by atoms with van der Waals surface area (Å²) in [5.74, 6) is 0.291. The molecule has 0 spiro atoms. The topological polar surface area (TPSA) is 131 Å². The Balaban J connectivity index is 0.000000559. The van der Waals surface area contributed by atoms with Crippen molar-refractivity contribution in [2.45, 2.75) is 40.2 Å². The summed E-state index contributed by atoms with van der Waals surface area (Å²) in [6, 6.07) is 15.0. The van der Waals surface area contributed by atoms with Gasteiger partial charge < -0.3 is 19.1 Å². The lowest BCUT2D eigenvalue weighted by atomic mass is 10.2. The fraction of sp³-hybridized carbons (Fsp3) is 0.444. The fourth-order valence-corrected chi connectivity index (χ4v) is 6.45. The number of nitrogens with zero attached hydrogens (tertiary/aromatic N) is 3. The molecule has 13 heteroatoms. The van der Waals surface area contributed by atoms with Crippen LogP contribution in [-0.4, -0.2) is 68.5 Å². The third-order valence-electron chi connectivity index (χ3n) is 6.42. The Labute approximate surface area is 241 Å². The van der Waals surface area contributed by atoms with Crippen LogP contribution in [0.4, 0.5) is 5.69 Å². The van der Waals surface area contributed by atoms with Gasteiger partial charge in [0.2, 0.25) is 11.4 Å². The number of fused-ring (bicyclic) bond motifs is 2. The summed E-state index contributed by atoms with van der Waals surface area (Å²) in [5, 5.41) is 0.794. The van der Waals surface area contributed by atoms with Crippen molar-refractivity contribution in [2.75, 3.05) is 42.6 Å². The van der Waals surface area contributed by atoms with E-state index < -0.39 is 26.0 Å². The molecule has 10 nitrogen and oxygen atoms in total. The molecule has 3 aromatic rings. The number of para-hydroxylation sites is 3. The second-order valence-electron chi connectivity index (χ2n) is 9.14. The number of hydrogen-bond acceptors (Lipinski definition) is 9. The van der Waals surface area contributed by atoms with E-state index in [1.54, 1.807) is 0 Å². The largest absolute Gasteiger partial charge is 0.748 e. The van der Waals surface area contributed by atoms with Crippen molar-refractivity contribution in [3.05, 3.63) is 59.4 Å². The summed E-state index contributed by atoms with van der Waals surface area (Å²) in [5.41, 5.74) is 1.69. The third kappa shape index (κ3) is 9.25. The first-order chi connectivity index (χ1) is 19.0. The molecule has 0 fully saturated rings. The zero-order chi connectivity index (χ0) is 29.3. The van der Waals surface area contributed by atoms with E-state index in [2.05, 4.69) is 25.7 Å². The zero-order valence-corrected chi connectivity index (χ0v) is 25.5. The van der Waals surface area contributed by atoms with Gasteiger partial charge in [-0.25, -0.2) is 8.42 Å². The van der Waals surface area contributed by atoms with Crippen molar-refractivity contribution in [1.29, 1.82) is 0 Å². The number of anilines is 1. The Hall–Kier alpha value is -2.55. The summed E-state index contributed by atoms with van der Waals surface area (Å²) >= 11 is 1.49. The van der Waals surface area contributed by atoms with E-state index in [1.807, 2.05) is 64.1 Å². The lowest BCUT2D eigenvalue weighted by molar-refractivity contribution is -0.668. The average molecular weight is 612 g/mol. The van der Waals surface area contributed by atoms with Crippen molar-refractivity contribution in [3.8, 4) is 5.75 Å². The van der Waals surface area contributed by atoms with Crippen molar-refractivity contribution in [2.24, 2.45) is 0 Å². The van der Waals surface area contributed by atoms with Crippen LogP contribution in [0.2, 0.25) is 0 Å². The number of rotatable bonds is 12. The maximum atomic E-state index is 11.2. The molecule has 1 aliphatic rings. The Kier molecular flexibility index (Phi) is 11.5. The van der Waals surface area contributed by atoms with E-state index in [4.69, 9.17) is 9.29 Å². The summed E-state index contributed by atoms with van der Waals surface area (Å²) in [7, 11) is -8.39. The Morgan fingerprint density at radius 1 is 0.975 bits per heavy atom. The van der Waals surface area contributed by atoms with E-state index >= 15 is 0 Å². The highest BCUT2D eigenvalue weighted by Crippen LogP contribution is 2.39. The molecule has 0 aliphatic carbocycles. The van der Waals surface area contributed by atoms with Crippen LogP contribution in [0, 0.1) is 0 Å². The van der Waals surface area contributed by atoms with E-state index in [0.29, 0.717) is 24.7 Å². The lowest BCUT2D eigenvalue weighted by Gasteiger charge is -2.17. The van der Waals surface area contributed by atoms with Gasteiger partial charge in [0.25, 0.3) is 15.1 Å². The van der Waals surface area contributed by atoms with Gasteiger partial charge in [-0.2, -0.15) is 13.0 Å². The number of hydrogen-bond donors (Lipinski definition) is 1. The molecular weight excluding hydrogens is 575 g/mol. The van der Waals surface area contributed by atoms with E-state index in [9.17, 15) is 21.4 Å². The number of aryl methyl sites for hydroxylation is 1. The van der Waals surface area contributed by atoms with Crippen LogP contribution in [0.3, 0.4) is 0 Å². The van der Waals surface area contributed by atoms with Gasteiger partial charge in [-0.1, -0.05) is 56.4 Å². The highest BCUT2D eigenvalue weighted by molar-refractivity contribution is 7.85. The van der Waals surface area contributed by atoms with Crippen molar-refractivity contribution < 1.29 is 35.2 Å². The standard InChI is InChI=1S/C21H22N2O7S3.C6H15N/c24-32(25,26)13-5-11-22-16-7-1-3-9-18(16)30-20(22)15-21-23(12-6-14-33(27,28)29)17-8-2-4-10-19(17)31-21;1-4-7(5-2)6-3/h1-4,7-10,15H,5-6,11-14H2,(H-,24,25,26,27,28,29);4-6H2,1-3H3. The lowest BCUT2D eigenvalue weighted by Crippen LogP contribution is -2.36. The first-order valence-corrected chi connectivity index (χ1v) is 17.2. The van der Waals surface area contributed by atoms with Crippen LogP contribution < -0.4 is 14.2 Å². The SMILES string of the molecule is CCN(CC)CC.O=S(=O)([O-])CCC[n+]1c(/C=C2\Oc3ccccc3N2CCCS(=O)(=O)O)sc2ccccc21. The van der Waals surface area contributed by atoms with Gasteiger partial charge in [0.05, 0.1) is 27.6 Å². The minimum Gasteiger partial charge on any atom is -0.748 e. The second-order valence-corrected chi connectivity index (χ2v) is 13.3. The molecule has 1 aliphatic heterocycles. The molecule has 0 unspecified atom stereocenters. The maximum Gasteiger partial charge on any atom is 0.268 e. The fourth-order valence-electron chi connectivity index (χ4n) is 4.36. The monoisotopic (exact) mass is 611 g/mol. The third-order valence-corrected chi connectivity index (χ3v) is 9.13. The van der Waals surface area contributed by atoms with E-state index in [1.165, 1.54) is 31.0 Å². The maximum absolute atomic E-state index is 11.2. The average Bonchev–Trinajstić information content (AvgIpc) is 3.42. The van der Waals surface area contributed by atoms with Gasteiger partial charge in [-0.15, -0.1) is 0 Å². The second kappa shape index (κ2) is 14.4. The zero-order valence-electron chi connectivity index (χ0n) is 23.0. The minimum atomic E-state index is -4.31. The number of benzene rings is 2. The molecule has 1 aromatic heterocycles. The Morgan fingerprint density at radius 2 is 1.62 bits per heavy atom. The smallest absolute Gasteiger partial charge is 0.268 e. The van der Waals surface area contributed by atoms with Gasteiger partial charge in [-0.3, -0.25) is 4.55 Å². The van der Waals surface area contributed by atoms with Crippen LogP contribution >= 0.6 is 11.3 Å². The predicted octanol–water partition coefficient (Wildman–Crippen LogP) is 3.95. The molecule has 4 rings (SSSR count). The Bertz CT molecular complexity index is 1510. The van der Waals surface area contributed by atoms with Gasteiger partial charge in [0.15, 0.2) is 12.3 Å². The Morgan fingerprint density at radius 3 is 2.25 bits per heavy atom. The van der Waals surface area contributed by atoms with Gasteiger partial charge in [0.1, 0.15) is 4.70 Å². The molecule has 40 heavy (non-hydrogen) atoms. The summed E-state index contributed by atoms with van der Waals surface area (Å²) in [6.07, 6.45) is 2.19. The number of aromatic nitrogens is 1. The molecule has 0 saturated carbocycles. The van der Waals surface area contributed by atoms with Crippen molar-refractivity contribution >= 4 is 53.6 Å². The van der Waals surface area contributed by atoms with Crippen LogP contribution in [0.25, 0.3) is 16.3 Å². The van der Waals surface area contributed by atoms with E-state index in [-0.39, 0.29) is 18.6 Å². The van der Waals surface area contributed by atoms with Gasteiger partial charge in [0, 0.05) is 24.8 Å². The molecule has 0 atom stereocenters. The number of ether oxygens (including phenoxy) is 1. The normalized spacial score (nSPS) is 14.3. The highest BCUT2D eigenvalue weighted by Gasteiger charge is 2.29. The van der Waals surface area contributed by atoms with Crippen molar-refractivity contribution in [1.82, 2.24) is 4.90 Å². The van der Waals surface area contributed by atoms with Crippen LogP contribution in [0.5, 0.6) is 5.75 Å².